The van der Waals surface area contributed by atoms with Gasteiger partial charge in [0.25, 0.3) is 5.91 Å². The molecule has 0 saturated heterocycles. The predicted molar refractivity (Wildman–Crippen MR) is 99.8 cm³/mol. The molecular formula is C20H13F2NO4S. The molecule has 2 N–H and O–H groups in total. The number of fused-ring (bicyclic) bond motifs is 3. The number of halogens is 2. The molecule has 0 bridgehead atoms. The summed E-state index contributed by atoms with van der Waals surface area (Å²) in [5.74, 6) is -2.56. The summed E-state index contributed by atoms with van der Waals surface area (Å²) in [6.07, 6.45) is 0. The van der Waals surface area contributed by atoms with Crippen LogP contribution >= 0.6 is 11.3 Å². The minimum absolute atomic E-state index is 0.0691. The van der Waals surface area contributed by atoms with Gasteiger partial charge in [-0.05, 0) is 30.3 Å². The number of carboxylic acids is 1. The van der Waals surface area contributed by atoms with E-state index in [2.05, 4.69) is 5.32 Å². The van der Waals surface area contributed by atoms with E-state index in [0.29, 0.717) is 27.3 Å². The number of benzene rings is 2. The lowest BCUT2D eigenvalue weighted by molar-refractivity contribution is 0.0696. The molecule has 3 aromatic rings. The maximum atomic E-state index is 14.5. The number of rotatable bonds is 3. The Morgan fingerprint density at radius 2 is 1.93 bits per heavy atom. The largest absolute Gasteiger partial charge is 0.488 e. The van der Waals surface area contributed by atoms with E-state index in [1.807, 2.05) is 0 Å². The Morgan fingerprint density at radius 1 is 1.14 bits per heavy atom. The first-order chi connectivity index (χ1) is 13.4. The summed E-state index contributed by atoms with van der Waals surface area (Å²) in [6, 6.07) is 7.61. The van der Waals surface area contributed by atoms with Gasteiger partial charge in [0.05, 0.1) is 5.56 Å². The highest BCUT2D eigenvalue weighted by Gasteiger charge is 2.30. The van der Waals surface area contributed by atoms with Gasteiger partial charge in [-0.25, -0.2) is 13.6 Å². The van der Waals surface area contributed by atoms with E-state index in [9.17, 15) is 23.5 Å². The number of aromatic carboxylic acids is 1. The molecule has 0 fully saturated rings. The molecule has 2 heterocycles. The van der Waals surface area contributed by atoms with Crippen molar-refractivity contribution < 1.29 is 28.2 Å². The molecule has 0 aliphatic carbocycles. The maximum absolute atomic E-state index is 14.5. The van der Waals surface area contributed by atoms with Crippen LogP contribution in [0.3, 0.4) is 0 Å². The zero-order chi connectivity index (χ0) is 20.0. The molecule has 0 spiro atoms. The summed E-state index contributed by atoms with van der Waals surface area (Å²) in [7, 11) is 1.46. The van der Waals surface area contributed by atoms with Gasteiger partial charge in [-0.15, -0.1) is 11.3 Å². The van der Waals surface area contributed by atoms with Crippen LogP contribution < -0.4 is 10.1 Å². The number of ether oxygens (including phenoxy) is 1. The van der Waals surface area contributed by atoms with Crippen molar-refractivity contribution >= 4 is 23.2 Å². The van der Waals surface area contributed by atoms with Gasteiger partial charge >= 0.3 is 5.97 Å². The van der Waals surface area contributed by atoms with E-state index in [1.54, 1.807) is 6.07 Å². The molecule has 4 rings (SSSR count). The predicted octanol–water partition coefficient (Wildman–Crippen LogP) is 4.31. The van der Waals surface area contributed by atoms with Crippen molar-refractivity contribution in [2.75, 3.05) is 7.05 Å². The second-order valence-electron chi connectivity index (χ2n) is 6.12. The van der Waals surface area contributed by atoms with Crippen molar-refractivity contribution in [2.45, 2.75) is 6.61 Å². The minimum atomic E-state index is -1.09. The van der Waals surface area contributed by atoms with Crippen LogP contribution in [0.4, 0.5) is 8.78 Å². The Bertz CT molecular complexity index is 1140. The summed E-state index contributed by atoms with van der Waals surface area (Å²) >= 11 is 1.12. The molecule has 0 unspecified atom stereocenters. The molecule has 8 heteroatoms. The number of carbonyl (C=O) groups excluding carboxylic acids is 1. The van der Waals surface area contributed by atoms with Crippen LogP contribution in [0.1, 0.15) is 25.6 Å². The van der Waals surface area contributed by atoms with Gasteiger partial charge in [-0.1, -0.05) is 0 Å². The zero-order valence-electron chi connectivity index (χ0n) is 14.5. The molecule has 0 radical (unpaired) electrons. The van der Waals surface area contributed by atoms with E-state index in [4.69, 9.17) is 4.74 Å². The van der Waals surface area contributed by atoms with Gasteiger partial charge in [0.1, 0.15) is 28.9 Å². The number of nitrogens with one attached hydrogen (secondary N) is 1. The fraction of sp³-hybridized carbons (Fsp3) is 0.100. The maximum Gasteiger partial charge on any atom is 0.335 e. The number of hydrogen-bond acceptors (Lipinski definition) is 4. The SMILES string of the molecule is CNC(=O)c1sc2c(c1-c1ccc(F)cc1F)COc1ccc(C(=O)O)cc1-2. The highest BCUT2D eigenvalue weighted by molar-refractivity contribution is 7.18. The van der Waals surface area contributed by atoms with Gasteiger partial charge in [-0.2, -0.15) is 0 Å². The van der Waals surface area contributed by atoms with Crippen molar-refractivity contribution in [1.29, 1.82) is 0 Å². The molecule has 28 heavy (non-hydrogen) atoms. The molecule has 2 aromatic carbocycles. The van der Waals surface area contributed by atoms with Crippen molar-refractivity contribution in [3.8, 4) is 27.3 Å². The molecule has 0 atom stereocenters. The number of thiophene rings is 1. The fourth-order valence-corrected chi connectivity index (χ4v) is 4.48. The zero-order valence-corrected chi connectivity index (χ0v) is 15.3. The Balaban J connectivity index is 2.00. The average Bonchev–Trinajstić information content (AvgIpc) is 3.06. The van der Waals surface area contributed by atoms with Crippen LogP contribution in [0.5, 0.6) is 5.75 Å². The van der Waals surface area contributed by atoms with E-state index in [1.165, 1.54) is 25.2 Å². The van der Waals surface area contributed by atoms with Crippen LogP contribution in [-0.4, -0.2) is 24.0 Å². The average molecular weight is 401 g/mol. The van der Waals surface area contributed by atoms with E-state index >= 15 is 0 Å². The highest BCUT2D eigenvalue weighted by Crippen LogP contribution is 2.49. The Kier molecular flexibility index (Phi) is 4.35. The topological polar surface area (TPSA) is 75.6 Å². The highest BCUT2D eigenvalue weighted by atomic mass is 32.1. The second-order valence-corrected chi connectivity index (χ2v) is 7.14. The van der Waals surface area contributed by atoms with E-state index in [0.717, 1.165) is 23.5 Å². The first-order valence-corrected chi connectivity index (χ1v) is 9.06. The van der Waals surface area contributed by atoms with Crippen LogP contribution in [0.15, 0.2) is 36.4 Å². The summed E-state index contributed by atoms with van der Waals surface area (Å²) < 4.78 is 33.6. The standard InChI is InChI=1S/C20H13F2NO4S/c1-23-19(24)18-16(11-4-3-10(21)7-14(11)22)13-8-27-15-5-2-9(20(25)26)6-12(15)17(13)28-18/h2-7H,8H2,1H3,(H,23,24)(H,25,26). The van der Waals surface area contributed by atoms with Gasteiger partial charge < -0.3 is 15.2 Å². The third kappa shape index (κ3) is 2.82. The monoisotopic (exact) mass is 401 g/mol. The van der Waals surface area contributed by atoms with Crippen molar-refractivity contribution in [3.05, 3.63) is 64.0 Å². The van der Waals surface area contributed by atoms with Gasteiger partial charge in [0, 0.05) is 40.2 Å². The summed E-state index contributed by atoms with van der Waals surface area (Å²) in [6.45, 7) is 0.0778. The lowest BCUT2D eigenvalue weighted by Gasteiger charge is -2.19. The molecule has 5 nitrogen and oxygen atoms in total. The third-order valence-electron chi connectivity index (χ3n) is 4.48. The molecule has 1 aromatic heterocycles. The van der Waals surface area contributed by atoms with Gasteiger partial charge in [-0.3, -0.25) is 4.79 Å². The Hall–Kier alpha value is -3.26. The van der Waals surface area contributed by atoms with Crippen LogP contribution in [-0.2, 0) is 6.61 Å². The van der Waals surface area contributed by atoms with Crippen LogP contribution in [0, 0.1) is 11.6 Å². The van der Waals surface area contributed by atoms with Gasteiger partial charge in [0.15, 0.2) is 0 Å². The first kappa shape index (κ1) is 18.1. The summed E-state index contributed by atoms with van der Waals surface area (Å²) in [5.41, 5.74) is 1.55. The van der Waals surface area contributed by atoms with Crippen LogP contribution in [0.2, 0.25) is 0 Å². The number of carboxylic acid groups (broad SMARTS) is 1. The molecule has 142 valence electrons. The quantitative estimate of drug-likeness (QED) is 0.686. The van der Waals surface area contributed by atoms with Crippen molar-refractivity contribution in [3.63, 3.8) is 0 Å². The summed E-state index contributed by atoms with van der Waals surface area (Å²) in [4.78, 5) is 24.7. The number of carbonyl (C=O) groups is 2. The van der Waals surface area contributed by atoms with Crippen molar-refractivity contribution in [2.24, 2.45) is 0 Å². The molecule has 1 aliphatic heterocycles. The molecule has 0 saturated carbocycles. The second kappa shape index (κ2) is 6.72. The fourth-order valence-electron chi connectivity index (χ4n) is 3.19. The molecule has 1 aliphatic rings. The smallest absolute Gasteiger partial charge is 0.335 e. The third-order valence-corrected chi connectivity index (χ3v) is 5.75. The number of hydrogen-bond donors (Lipinski definition) is 2. The Labute approximate surface area is 162 Å². The summed E-state index contributed by atoms with van der Waals surface area (Å²) in [5, 5.41) is 11.8. The molecule has 1 amide bonds. The number of amides is 1. The Morgan fingerprint density at radius 3 is 2.61 bits per heavy atom. The molecular weight excluding hydrogens is 388 g/mol. The lowest BCUT2D eigenvalue weighted by atomic mass is 9.95. The minimum Gasteiger partial charge on any atom is -0.488 e. The lowest BCUT2D eigenvalue weighted by Crippen LogP contribution is -2.17. The van der Waals surface area contributed by atoms with E-state index in [-0.39, 0.29) is 22.6 Å². The normalized spacial score (nSPS) is 12.0. The van der Waals surface area contributed by atoms with E-state index < -0.39 is 23.5 Å². The van der Waals surface area contributed by atoms with Gasteiger partial charge in [0.2, 0.25) is 0 Å². The first-order valence-electron chi connectivity index (χ1n) is 8.24. The van der Waals surface area contributed by atoms with Crippen LogP contribution in [0.25, 0.3) is 21.6 Å². The van der Waals surface area contributed by atoms with Crippen molar-refractivity contribution in [1.82, 2.24) is 5.32 Å².